The molecule has 2 aliphatic carbocycles. The standard InChI is InChI=1S/C18H27N/c1-3-8-16(9-4-1)10-7-15-19-17-11-14-18(17)12-5-2-6-13-18/h1,3-4,8-9,17,19H,2,5-7,10-15H2. The Morgan fingerprint density at radius 3 is 2.47 bits per heavy atom. The third-order valence-electron chi connectivity index (χ3n) is 5.40. The van der Waals surface area contributed by atoms with E-state index < -0.39 is 0 Å². The topological polar surface area (TPSA) is 12.0 Å². The second-order valence-electron chi connectivity index (χ2n) is 6.56. The molecule has 1 N–H and O–H groups in total. The lowest BCUT2D eigenvalue weighted by molar-refractivity contribution is 0.0233. The first-order valence-electron chi connectivity index (χ1n) is 8.16. The fourth-order valence-electron chi connectivity index (χ4n) is 4.08. The lowest BCUT2D eigenvalue weighted by atomic mass is 9.57. The average Bonchev–Trinajstić information content (AvgIpc) is 2.48. The first kappa shape index (κ1) is 13.2. The van der Waals surface area contributed by atoms with Gasteiger partial charge in [-0.05, 0) is 56.0 Å². The molecule has 2 aliphatic rings. The summed E-state index contributed by atoms with van der Waals surface area (Å²) < 4.78 is 0. The van der Waals surface area contributed by atoms with E-state index in [0.717, 1.165) is 6.04 Å². The van der Waals surface area contributed by atoms with E-state index in [1.54, 1.807) is 0 Å². The van der Waals surface area contributed by atoms with Gasteiger partial charge in [-0.15, -0.1) is 0 Å². The van der Waals surface area contributed by atoms with Crippen LogP contribution < -0.4 is 5.32 Å². The summed E-state index contributed by atoms with van der Waals surface area (Å²) in [6.45, 7) is 1.20. The molecule has 2 saturated carbocycles. The summed E-state index contributed by atoms with van der Waals surface area (Å²) in [4.78, 5) is 0. The summed E-state index contributed by atoms with van der Waals surface area (Å²) in [7, 11) is 0. The van der Waals surface area contributed by atoms with Crippen molar-refractivity contribution in [1.82, 2.24) is 5.32 Å². The maximum Gasteiger partial charge on any atom is 0.0124 e. The van der Waals surface area contributed by atoms with Crippen molar-refractivity contribution in [2.24, 2.45) is 5.41 Å². The molecule has 0 bridgehead atoms. The van der Waals surface area contributed by atoms with Crippen molar-refractivity contribution in [2.75, 3.05) is 6.54 Å². The highest BCUT2D eigenvalue weighted by Crippen LogP contribution is 2.51. The zero-order valence-electron chi connectivity index (χ0n) is 12.0. The smallest absolute Gasteiger partial charge is 0.0124 e. The summed E-state index contributed by atoms with van der Waals surface area (Å²) in [5, 5.41) is 3.85. The first-order chi connectivity index (χ1) is 9.39. The zero-order chi connectivity index (χ0) is 13.0. The van der Waals surface area contributed by atoms with Crippen LogP contribution in [-0.4, -0.2) is 12.6 Å². The summed E-state index contributed by atoms with van der Waals surface area (Å²) in [6, 6.07) is 11.7. The van der Waals surface area contributed by atoms with Crippen LogP contribution in [0.2, 0.25) is 0 Å². The zero-order valence-corrected chi connectivity index (χ0v) is 12.0. The van der Waals surface area contributed by atoms with Crippen molar-refractivity contribution < 1.29 is 0 Å². The largest absolute Gasteiger partial charge is 0.313 e. The van der Waals surface area contributed by atoms with Gasteiger partial charge in [-0.25, -0.2) is 0 Å². The van der Waals surface area contributed by atoms with Crippen LogP contribution in [0.1, 0.15) is 56.9 Å². The van der Waals surface area contributed by atoms with Crippen LogP contribution in [0.3, 0.4) is 0 Å². The van der Waals surface area contributed by atoms with E-state index in [9.17, 15) is 0 Å². The molecule has 0 aliphatic heterocycles. The molecule has 1 aromatic carbocycles. The van der Waals surface area contributed by atoms with E-state index in [4.69, 9.17) is 0 Å². The fraction of sp³-hybridized carbons (Fsp3) is 0.667. The van der Waals surface area contributed by atoms with Crippen LogP contribution in [0.4, 0.5) is 0 Å². The molecule has 0 heterocycles. The van der Waals surface area contributed by atoms with Gasteiger partial charge in [0, 0.05) is 6.04 Å². The minimum absolute atomic E-state index is 0.713. The number of hydrogen-bond acceptors (Lipinski definition) is 1. The average molecular weight is 257 g/mol. The van der Waals surface area contributed by atoms with Crippen molar-refractivity contribution in [3.8, 4) is 0 Å². The molecule has 1 spiro atoms. The van der Waals surface area contributed by atoms with Gasteiger partial charge in [0.2, 0.25) is 0 Å². The third kappa shape index (κ3) is 3.02. The molecule has 0 aromatic heterocycles. The Bertz CT molecular complexity index is 378. The summed E-state index contributed by atoms with van der Waals surface area (Å²) >= 11 is 0. The number of rotatable bonds is 5. The summed E-state index contributed by atoms with van der Waals surface area (Å²) in [5.74, 6) is 0. The Morgan fingerprint density at radius 1 is 1.00 bits per heavy atom. The van der Waals surface area contributed by atoms with Gasteiger partial charge in [-0.3, -0.25) is 0 Å². The van der Waals surface area contributed by atoms with Gasteiger partial charge in [-0.2, -0.15) is 0 Å². The maximum atomic E-state index is 3.85. The summed E-state index contributed by atoms with van der Waals surface area (Å²) in [6.07, 6.45) is 12.8. The Morgan fingerprint density at radius 2 is 1.79 bits per heavy atom. The molecule has 0 radical (unpaired) electrons. The van der Waals surface area contributed by atoms with Crippen molar-refractivity contribution >= 4 is 0 Å². The van der Waals surface area contributed by atoms with Crippen LogP contribution in [0.15, 0.2) is 30.3 Å². The third-order valence-corrected chi connectivity index (χ3v) is 5.40. The van der Waals surface area contributed by atoms with Crippen LogP contribution in [0.5, 0.6) is 0 Å². The van der Waals surface area contributed by atoms with Gasteiger partial charge in [0.05, 0.1) is 0 Å². The molecule has 1 atom stereocenters. The molecule has 19 heavy (non-hydrogen) atoms. The van der Waals surface area contributed by atoms with Crippen LogP contribution in [0.25, 0.3) is 0 Å². The lowest BCUT2D eigenvalue weighted by Crippen LogP contribution is -2.54. The minimum atomic E-state index is 0.713. The van der Waals surface area contributed by atoms with Crippen LogP contribution in [-0.2, 0) is 6.42 Å². The van der Waals surface area contributed by atoms with E-state index in [1.807, 2.05) is 0 Å². The monoisotopic (exact) mass is 257 g/mol. The lowest BCUT2D eigenvalue weighted by Gasteiger charge is -2.52. The number of aryl methyl sites for hydroxylation is 1. The van der Waals surface area contributed by atoms with Crippen molar-refractivity contribution in [3.63, 3.8) is 0 Å². The normalized spacial score (nSPS) is 25.2. The number of benzene rings is 1. The van der Waals surface area contributed by atoms with Gasteiger partial charge >= 0.3 is 0 Å². The SMILES string of the molecule is c1ccc(CCCNC2CCC23CCCCC3)cc1. The van der Waals surface area contributed by atoms with Crippen LogP contribution >= 0.6 is 0 Å². The van der Waals surface area contributed by atoms with E-state index in [0.29, 0.717) is 5.41 Å². The Hall–Kier alpha value is -0.820. The van der Waals surface area contributed by atoms with E-state index in [2.05, 4.69) is 35.6 Å². The molecule has 2 fully saturated rings. The molecule has 3 rings (SSSR count). The number of hydrogen-bond donors (Lipinski definition) is 1. The molecule has 1 aromatic rings. The Labute approximate surface area is 117 Å². The highest BCUT2D eigenvalue weighted by molar-refractivity contribution is 5.14. The molecule has 0 amide bonds. The Balaban J connectivity index is 1.38. The molecular formula is C18H27N. The fourth-order valence-corrected chi connectivity index (χ4v) is 4.08. The molecule has 1 unspecified atom stereocenters. The highest BCUT2D eigenvalue weighted by Gasteiger charge is 2.46. The number of nitrogens with one attached hydrogen (secondary N) is 1. The molecule has 0 saturated heterocycles. The molecule has 104 valence electrons. The van der Waals surface area contributed by atoms with Crippen molar-refractivity contribution in [1.29, 1.82) is 0 Å². The van der Waals surface area contributed by atoms with Gasteiger partial charge in [0.25, 0.3) is 0 Å². The van der Waals surface area contributed by atoms with Crippen molar-refractivity contribution in [2.45, 2.75) is 63.8 Å². The van der Waals surface area contributed by atoms with Gasteiger partial charge in [0.1, 0.15) is 0 Å². The van der Waals surface area contributed by atoms with Gasteiger partial charge in [0.15, 0.2) is 0 Å². The Kier molecular flexibility index (Phi) is 4.22. The van der Waals surface area contributed by atoms with Gasteiger partial charge < -0.3 is 5.32 Å². The predicted molar refractivity (Wildman–Crippen MR) is 81.3 cm³/mol. The minimum Gasteiger partial charge on any atom is -0.313 e. The molecule has 1 nitrogen and oxygen atoms in total. The molecular weight excluding hydrogens is 230 g/mol. The maximum absolute atomic E-state index is 3.85. The second-order valence-corrected chi connectivity index (χ2v) is 6.56. The predicted octanol–water partition coefficient (Wildman–Crippen LogP) is 4.32. The first-order valence-corrected chi connectivity index (χ1v) is 8.16. The van der Waals surface area contributed by atoms with Gasteiger partial charge in [-0.1, -0.05) is 49.6 Å². The quantitative estimate of drug-likeness (QED) is 0.775. The second kappa shape index (κ2) is 6.09. The highest BCUT2D eigenvalue weighted by atomic mass is 15.0. The van der Waals surface area contributed by atoms with Crippen molar-refractivity contribution in [3.05, 3.63) is 35.9 Å². The summed E-state index contributed by atoms with van der Waals surface area (Å²) in [5.41, 5.74) is 2.19. The van der Waals surface area contributed by atoms with E-state index >= 15 is 0 Å². The van der Waals surface area contributed by atoms with E-state index in [1.165, 1.54) is 69.9 Å². The molecule has 1 heteroatoms. The van der Waals surface area contributed by atoms with Crippen LogP contribution in [0, 0.1) is 5.41 Å². The van der Waals surface area contributed by atoms with E-state index in [-0.39, 0.29) is 0 Å².